The normalized spacial score (nSPS) is 26.2. The van der Waals surface area contributed by atoms with Crippen molar-refractivity contribution in [2.45, 2.75) is 105 Å². The molecule has 2 saturated heterocycles. The van der Waals surface area contributed by atoms with Crippen molar-refractivity contribution in [3.8, 4) is 0 Å². The van der Waals surface area contributed by atoms with Crippen molar-refractivity contribution in [1.82, 2.24) is 9.80 Å². The number of aliphatic hydroxyl groups excluding tert-OH is 1. The maximum absolute atomic E-state index is 13.6. The lowest BCUT2D eigenvalue weighted by molar-refractivity contribution is -0.126. The molecule has 3 aliphatic heterocycles. The van der Waals surface area contributed by atoms with E-state index in [0.717, 1.165) is 49.2 Å². The Kier molecular flexibility index (Phi) is 12.8. The van der Waals surface area contributed by atoms with Crippen LogP contribution in [0.15, 0.2) is 64.0 Å². The van der Waals surface area contributed by atoms with Crippen LogP contribution in [0.4, 0.5) is 13.2 Å². The lowest BCUT2D eigenvalue weighted by Crippen LogP contribution is -2.57. The lowest BCUT2D eigenvalue weighted by atomic mass is 9.69. The van der Waals surface area contributed by atoms with Crippen molar-refractivity contribution in [1.29, 1.82) is 0 Å². The predicted molar refractivity (Wildman–Crippen MR) is 170 cm³/mol. The zero-order chi connectivity index (χ0) is 32.7. The molecule has 4 rings (SSSR count). The van der Waals surface area contributed by atoms with E-state index >= 15 is 0 Å². The molecule has 0 radical (unpaired) electrons. The topological polar surface area (TPSA) is 82.2 Å². The molecule has 240 valence electrons. The third kappa shape index (κ3) is 8.82. The Morgan fingerprint density at radius 3 is 2.21 bits per heavy atom. The monoisotopic (exact) mass is 604 g/mol. The zero-order valence-electron chi connectivity index (χ0n) is 27.3. The van der Waals surface area contributed by atoms with Crippen molar-refractivity contribution in [3.05, 3.63) is 70.1 Å². The third-order valence-electron chi connectivity index (χ3n) is 8.29. The molecule has 0 aromatic heterocycles. The van der Waals surface area contributed by atoms with E-state index < -0.39 is 11.6 Å². The van der Waals surface area contributed by atoms with Crippen molar-refractivity contribution in [2.24, 2.45) is 16.1 Å². The van der Waals surface area contributed by atoms with Crippen molar-refractivity contribution >= 4 is 11.6 Å². The Labute approximate surface area is 256 Å². The number of piperidine rings is 1. The quantitative estimate of drug-likeness (QED) is 0.368. The second-order valence-corrected chi connectivity index (χ2v) is 12.1. The van der Waals surface area contributed by atoms with E-state index in [1.54, 1.807) is 13.2 Å². The van der Waals surface area contributed by atoms with Crippen LogP contribution in [0, 0.1) is 19.3 Å². The number of aliphatic imine (C=N–C) groups is 1. The van der Waals surface area contributed by atoms with Gasteiger partial charge in [-0.3, -0.25) is 14.7 Å². The Morgan fingerprint density at radius 2 is 1.79 bits per heavy atom. The summed E-state index contributed by atoms with van der Waals surface area (Å²) in [6.45, 7) is 16.2. The van der Waals surface area contributed by atoms with Gasteiger partial charge in [-0.1, -0.05) is 54.0 Å². The Hall–Kier alpha value is -2.91. The zero-order valence-corrected chi connectivity index (χ0v) is 27.3. The molecule has 2 fully saturated rings. The van der Waals surface area contributed by atoms with Gasteiger partial charge in [0.2, 0.25) is 0 Å². The third-order valence-corrected chi connectivity index (χ3v) is 8.29. The average molecular weight is 605 g/mol. The first-order valence-corrected chi connectivity index (χ1v) is 15.1. The molecule has 1 aromatic rings. The number of amides is 1. The minimum absolute atomic E-state index is 0.0476. The summed E-state index contributed by atoms with van der Waals surface area (Å²) in [5.41, 5.74) is 12.8. The highest BCUT2D eigenvalue weighted by Gasteiger charge is 2.51. The molecule has 0 bridgehead atoms. The number of hydrogen-bond donors (Lipinski definition) is 2. The van der Waals surface area contributed by atoms with Gasteiger partial charge in [0.1, 0.15) is 0 Å². The van der Waals surface area contributed by atoms with Gasteiger partial charge in [-0.25, -0.2) is 0 Å². The van der Waals surface area contributed by atoms with Crippen LogP contribution in [0.25, 0.3) is 0 Å². The molecule has 0 aliphatic carbocycles. The Bertz CT molecular complexity index is 1220. The van der Waals surface area contributed by atoms with Gasteiger partial charge in [0, 0.05) is 38.3 Å². The second kappa shape index (κ2) is 15.2. The van der Waals surface area contributed by atoms with Gasteiger partial charge in [0.25, 0.3) is 5.91 Å². The van der Waals surface area contributed by atoms with Gasteiger partial charge >= 0.3 is 6.18 Å². The van der Waals surface area contributed by atoms with E-state index in [1.807, 2.05) is 31.7 Å². The molecule has 43 heavy (non-hydrogen) atoms. The van der Waals surface area contributed by atoms with Crippen LogP contribution in [0.3, 0.4) is 0 Å². The van der Waals surface area contributed by atoms with E-state index in [-0.39, 0.29) is 31.0 Å². The van der Waals surface area contributed by atoms with E-state index in [2.05, 4.69) is 61.9 Å². The van der Waals surface area contributed by atoms with Crippen LogP contribution < -0.4 is 5.73 Å². The standard InChI is InChI=1S/C24H38N4O2.C8H10.C2H3F3/c1-7-17-19(27-13-8-9-18(27)16(4)29)10-14-28-22(17)24(5,11-12-25)21(26-6)20(15(2)3)23(28)30;1-7-4-3-5-8(2)6-7;1-2(3,4)5/h11-12,16,18-19,29H,7-10,13-14,25H2,1-6H3;3-6H,1-2H3;1H3/b12-11-,26-21?;;/t16?,18-,19?,24?;;/m0../s1. The molecule has 3 aliphatic rings. The fourth-order valence-electron chi connectivity index (χ4n) is 6.73. The number of halogens is 3. The number of hydrogen-bond acceptors (Lipinski definition) is 5. The number of nitrogens with two attached hydrogens (primary N) is 1. The van der Waals surface area contributed by atoms with E-state index in [0.29, 0.717) is 12.1 Å². The van der Waals surface area contributed by atoms with Crippen molar-refractivity contribution < 1.29 is 23.1 Å². The maximum Gasteiger partial charge on any atom is 0.386 e. The molecular formula is C34H51F3N4O2. The smallest absolute Gasteiger partial charge is 0.386 e. The fraction of sp³-hybridized carbons (Fsp3) is 0.588. The van der Waals surface area contributed by atoms with Crippen LogP contribution in [0.1, 0.15) is 78.4 Å². The van der Waals surface area contributed by atoms with Gasteiger partial charge in [-0.05, 0) is 85.5 Å². The number of aryl methyl sites for hydroxylation is 2. The number of rotatable bonds is 4. The number of benzene rings is 1. The van der Waals surface area contributed by atoms with E-state index in [1.165, 1.54) is 16.7 Å². The highest BCUT2D eigenvalue weighted by atomic mass is 19.4. The molecule has 6 nitrogen and oxygen atoms in total. The molecular weight excluding hydrogens is 553 g/mol. The van der Waals surface area contributed by atoms with Gasteiger partial charge < -0.3 is 15.7 Å². The number of alkyl halides is 3. The molecule has 0 spiro atoms. The van der Waals surface area contributed by atoms with Crippen LogP contribution in [-0.4, -0.2) is 71.0 Å². The summed E-state index contributed by atoms with van der Waals surface area (Å²) < 4.78 is 31.1. The minimum Gasteiger partial charge on any atom is -0.405 e. The first kappa shape index (κ1) is 36.3. The van der Waals surface area contributed by atoms with Crippen LogP contribution in [0.5, 0.6) is 0 Å². The number of carbonyl (C=O) groups excluding carboxylic acids is 1. The van der Waals surface area contributed by atoms with Crippen LogP contribution in [-0.2, 0) is 4.79 Å². The summed E-state index contributed by atoms with van der Waals surface area (Å²) in [5, 5.41) is 10.4. The summed E-state index contributed by atoms with van der Waals surface area (Å²) >= 11 is 0. The van der Waals surface area contributed by atoms with Crippen molar-refractivity contribution in [2.75, 3.05) is 20.1 Å². The number of carbonyl (C=O) groups is 1. The van der Waals surface area contributed by atoms with Gasteiger partial charge in [0.05, 0.1) is 22.8 Å². The number of allylic oxidation sites excluding steroid dienone is 2. The lowest BCUT2D eigenvalue weighted by Gasteiger charge is -2.50. The highest BCUT2D eigenvalue weighted by Crippen LogP contribution is 2.48. The number of likely N-dealkylation sites (tertiary alicyclic amines) is 1. The van der Waals surface area contributed by atoms with E-state index in [4.69, 9.17) is 5.73 Å². The molecule has 3 N–H and O–H groups in total. The van der Waals surface area contributed by atoms with Gasteiger partial charge in [-0.15, -0.1) is 0 Å². The summed E-state index contributed by atoms with van der Waals surface area (Å²) in [7, 11) is 1.76. The Balaban J connectivity index is 0.000000410. The molecule has 1 aromatic carbocycles. The molecule has 3 unspecified atom stereocenters. The molecule has 9 heteroatoms. The summed E-state index contributed by atoms with van der Waals surface area (Å²) in [4.78, 5) is 22.6. The molecule has 1 amide bonds. The van der Waals surface area contributed by atoms with Crippen LogP contribution in [0.2, 0.25) is 0 Å². The minimum atomic E-state index is -4.00. The van der Waals surface area contributed by atoms with Crippen molar-refractivity contribution in [3.63, 3.8) is 0 Å². The Morgan fingerprint density at radius 1 is 1.21 bits per heavy atom. The molecule has 3 heterocycles. The van der Waals surface area contributed by atoms with Gasteiger partial charge in [-0.2, -0.15) is 13.2 Å². The number of fused-ring (bicyclic) bond motifs is 1. The summed E-state index contributed by atoms with van der Waals surface area (Å²) in [6, 6.07) is 8.85. The second-order valence-electron chi connectivity index (χ2n) is 12.1. The van der Waals surface area contributed by atoms with Gasteiger partial charge in [0.15, 0.2) is 0 Å². The van der Waals surface area contributed by atoms with E-state index in [9.17, 15) is 23.1 Å². The maximum atomic E-state index is 13.6. The number of aliphatic hydroxyl groups is 1. The number of nitrogens with zero attached hydrogens (tertiary/aromatic N) is 3. The predicted octanol–water partition coefficient (Wildman–Crippen LogP) is 6.87. The summed E-state index contributed by atoms with van der Waals surface area (Å²) in [5.74, 6) is 0.0476. The first-order valence-electron chi connectivity index (χ1n) is 15.1. The van der Waals surface area contributed by atoms with Crippen LogP contribution >= 0.6 is 0 Å². The first-order chi connectivity index (χ1) is 20.0. The SMILES string of the molecule is CC(F)(F)F.CCC1=C2N(CCC1N1CCC[C@H]1C(C)O)C(=O)C(=C(C)C)C(=NC)C2(C)/C=C\N.Cc1cccc(C)c1. The average Bonchev–Trinajstić information content (AvgIpc) is 3.39. The fourth-order valence-corrected chi connectivity index (χ4v) is 6.73. The molecule has 4 atom stereocenters. The largest absolute Gasteiger partial charge is 0.405 e. The molecule has 0 saturated carbocycles. The highest BCUT2D eigenvalue weighted by molar-refractivity contribution is 6.28. The summed E-state index contributed by atoms with van der Waals surface area (Å²) in [6.07, 6.45) is 3.07.